The van der Waals surface area contributed by atoms with E-state index in [2.05, 4.69) is 9.88 Å². The number of urea groups is 1. The number of rotatable bonds is 7. The largest absolute Gasteiger partial charge is 0.508 e. The normalized spacial score (nSPS) is 22.8. The number of benzene rings is 2. The molecule has 2 saturated heterocycles. The van der Waals surface area contributed by atoms with Gasteiger partial charge < -0.3 is 19.7 Å². The number of imide groups is 1. The zero-order chi connectivity index (χ0) is 28.9. The molecule has 0 saturated carbocycles. The van der Waals surface area contributed by atoms with E-state index in [0.717, 1.165) is 53.1 Å². The first-order valence-electron chi connectivity index (χ1n) is 14.4. The van der Waals surface area contributed by atoms with Gasteiger partial charge in [0.1, 0.15) is 23.1 Å². The molecule has 2 aromatic carbocycles. The molecule has 10 heteroatoms. The van der Waals surface area contributed by atoms with Gasteiger partial charge in [-0.15, -0.1) is 0 Å². The minimum absolute atomic E-state index is 0.0934. The Kier molecular flexibility index (Phi) is 6.89. The summed E-state index contributed by atoms with van der Waals surface area (Å²) in [6.45, 7) is 9.99. The second-order valence-electron chi connectivity index (χ2n) is 11.4. The summed E-state index contributed by atoms with van der Waals surface area (Å²) in [6.07, 6.45) is 1.03. The monoisotopic (exact) mass is 559 g/mol. The van der Waals surface area contributed by atoms with Crippen molar-refractivity contribution in [2.24, 2.45) is 0 Å². The van der Waals surface area contributed by atoms with E-state index in [0.29, 0.717) is 39.1 Å². The smallest absolute Gasteiger partial charge is 0.328 e. The number of aromatic amines is 1. The third-order valence-corrected chi connectivity index (χ3v) is 8.81. The van der Waals surface area contributed by atoms with Crippen molar-refractivity contribution in [3.8, 4) is 11.5 Å². The number of amides is 4. The van der Waals surface area contributed by atoms with Crippen LogP contribution in [-0.4, -0.2) is 98.9 Å². The molecule has 1 aromatic heterocycles. The number of carbonyl (C=O) groups excluding carboxylic acids is 3. The van der Waals surface area contributed by atoms with E-state index in [1.54, 1.807) is 30.0 Å². The standard InChI is InChI=1S/C31H37N5O5/c1-4-41-23-9-10-26-24(18-23)25-19-31(3)29(39)35(12-6-11-33-13-15-34(16-14-33)20(2)37)30(40)36(31)28(27(25)32-26)21-7-5-8-22(38)17-21/h5,7-10,17-18,28,32,38H,4,6,11-16,19H2,1-3H3/t28-,31+/m1/s1. The fraction of sp³-hybridized carbons (Fsp3) is 0.452. The van der Waals surface area contributed by atoms with Crippen LogP contribution in [-0.2, 0) is 16.0 Å². The molecule has 2 fully saturated rings. The summed E-state index contributed by atoms with van der Waals surface area (Å²) in [4.78, 5) is 50.6. The van der Waals surface area contributed by atoms with Gasteiger partial charge in [-0.05, 0) is 68.3 Å². The molecule has 0 spiro atoms. The number of phenols is 1. The van der Waals surface area contributed by atoms with Gasteiger partial charge in [-0.3, -0.25) is 24.3 Å². The highest BCUT2D eigenvalue weighted by Crippen LogP contribution is 2.49. The summed E-state index contributed by atoms with van der Waals surface area (Å²) in [7, 11) is 0. The van der Waals surface area contributed by atoms with Crippen molar-refractivity contribution in [2.75, 3.05) is 45.9 Å². The molecule has 4 heterocycles. The van der Waals surface area contributed by atoms with Crippen molar-refractivity contribution in [3.63, 3.8) is 0 Å². The van der Waals surface area contributed by atoms with Gasteiger partial charge in [0.15, 0.2) is 0 Å². The lowest BCUT2D eigenvalue weighted by Gasteiger charge is -2.42. The van der Waals surface area contributed by atoms with Gasteiger partial charge in [-0.1, -0.05) is 12.1 Å². The Hall–Kier alpha value is -4.05. The number of nitrogens with zero attached hydrogens (tertiary/aromatic N) is 4. The fourth-order valence-electron chi connectivity index (χ4n) is 6.73. The van der Waals surface area contributed by atoms with Gasteiger partial charge in [0, 0.05) is 62.7 Å². The minimum atomic E-state index is -1.08. The van der Waals surface area contributed by atoms with E-state index in [4.69, 9.17) is 4.74 Å². The van der Waals surface area contributed by atoms with Crippen molar-refractivity contribution in [3.05, 3.63) is 59.3 Å². The van der Waals surface area contributed by atoms with Gasteiger partial charge >= 0.3 is 6.03 Å². The molecule has 3 aliphatic rings. The molecular formula is C31H37N5O5. The first-order chi connectivity index (χ1) is 19.7. The number of hydrogen-bond donors (Lipinski definition) is 2. The molecule has 0 aliphatic carbocycles. The molecule has 41 heavy (non-hydrogen) atoms. The number of hydrogen-bond acceptors (Lipinski definition) is 6. The van der Waals surface area contributed by atoms with Crippen molar-refractivity contribution in [1.29, 1.82) is 0 Å². The van der Waals surface area contributed by atoms with Crippen LogP contribution in [0.2, 0.25) is 0 Å². The number of H-pyrrole nitrogens is 1. The number of ether oxygens (including phenoxy) is 1. The lowest BCUT2D eigenvalue weighted by Crippen LogP contribution is -2.53. The Morgan fingerprint density at radius 2 is 1.88 bits per heavy atom. The zero-order valence-corrected chi connectivity index (χ0v) is 23.9. The van der Waals surface area contributed by atoms with Gasteiger partial charge in [0.2, 0.25) is 5.91 Å². The van der Waals surface area contributed by atoms with Crippen LogP contribution in [0.1, 0.15) is 50.1 Å². The van der Waals surface area contributed by atoms with E-state index in [-0.39, 0.29) is 23.6 Å². The third-order valence-electron chi connectivity index (χ3n) is 8.81. The van der Waals surface area contributed by atoms with E-state index in [1.165, 1.54) is 4.90 Å². The average Bonchev–Trinajstić information content (AvgIpc) is 3.39. The van der Waals surface area contributed by atoms with Crippen molar-refractivity contribution in [1.82, 2.24) is 24.6 Å². The maximum absolute atomic E-state index is 14.1. The maximum Gasteiger partial charge on any atom is 0.328 e. The number of aromatic nitrogens is 1. The quantitative estimate of drug-likeness (QED) is 0.429. The van der Waals surface area contributed by atoms with Crippen LogP contribution in [0.4, 0.5) is 4.79 Å². The summed E-state index contributed by atoms with van der Waals surface area (Å²) in [5, 5.41) is 11.3. The average molecular weight is 560 g/mol. The molecule has 3 aliphatic heterocycles. The van der Waals surface area contributed by atoms with Crippen LogP contribution in [0, 0.1) is 0 Å². The first kappa shape index (κ1) is 27.1. The van der Waals surface area contributed by atoms with Crippen LogP contribution in [0.25, 0.3) is 10.9 Å². The predicted octanol–water partition coefficient (Wildman–Crippen LogP) is 3.49. The summed E-state index contributed by atoms with van der Waals surface area (Å²) in [6, 6.07) is 11.9. The maximum atomic E-state index is 14.1. The summed E-state index contributed by atoms with van der Waals surface area (Å²) in [5.74, 6) is 0.750. The molecule has 2 atom stereocenters. The van der Waals surface area contributed by atoms with Gasteiger partial charge in [0.25, 0.3) is 5.91 Å². The van der Waals surface area contributed by atoms with Gasteiger partial charge in [-0.2, -0.15) is 0 Å². The summed E-state index contributed by atoms with van der Waals surface area (Å²) in [5.41, 5.74) is 2.41. The Balaban J connectivity index is 1.31. The highest BCUT2D eigenvalue weighted by Gasteiger charge is 2.60. The second-order valence-corrected chi connectivity index (χ2v) is 11.4. The summed E-state index contributed by atoms with van der Waals surface area (Å²) >= 11 is 0. The highest BCUT2D eigenvalue weighted by molar-refractivity contribution is 6.08. The molecule has 3 aromatic rings. The van der Waals surface area contributed by atoms with Crippen LogP contribution < -0.4 is 4.74 Å². The van der Waals surface area contributed by atoms with Crippen LogP contribution in [0.15, 0.2) is 42.5 Å². The number of aromatic hydroxyl groups is 1. The van der Waals surface area contributed by atoms with Gasteiger partial charge in [-0.25, -0.2) is 4.79 Å². The number of piperazine rings is 1. The lowest BCUT2D eigenvalue weighted by atomic mass is 9.81. The number of phenolic OH excluding ortho intramolecular Hbond substituents is 1. The lowest BCUT2D eigenvalue weighted by molar-refractivity contribution is -0.133. The van der Waals surface area contributed by atoms with Crippen LogP contribution in [0.5, 0.6) is 11.5 Å². The molecule has 0 radical (unpaired) electrons. The molecule has 2 N–H and O–H groups in total. The van der Waals surface area contributed by atoms with Crippen LogP contribution in [0.3, 0.4) is 0 Å². The Labute approximate surface area is 239 Å². The van der Waals surface area contributed by atoms with Crippen molar-refractivity contribution in [2.45, 2.75) is 45.2 Å². The second kappa shape index (κ2) is 10.4. The van der Waals surface area contributed by atoms with E-state index in [1.807, 2.05) is 43.0 Å². The highest BCUT2D eigenvalue weighted by atomic mass is 16.5. The Bertz CT molecular complexity index is 1510. The van der Waals surface area contributed by atoms with E-state index < -0.39 is 11.6 Å². The fourth-order valence-corrected chi connectivity index (χ4v) is 6.73. The van der Waals surface area contributed by atoms with Crippen molar-refractivity contribution >= 4 is 28.7 Å². The number of fused-ring (bicyclic) bond motifs is 4. The molecule has 6 rings (SSSR count). The van der Waals surface area contributed by atoms with Gasteiger partial charge in [0.05, 0.1) is 6.61 Å². The molecule has 0 unspecified atom stereocenters. The third kappa shape index (κ3) is 4.60. The molecule has 216 valence electrons. The minimum Gasteiger partial charge on any atom is -0.508 e. The van der Waals surface area contributed by atoms with Crippen LogP contribution >= 0.6 is 0 Å². The zero-order valence-electron chi connectivity index (χ0n) is 23.9. The first-order valence-corrected chi connectivity index (χ1v) is 14.4. The molecule has 4 amide bonds. The number of carbonyl (C=O) groups is 3. The predicted molar refractivity (Wildman–Crippen MR) is 154 cm³/mol. The topological polar surface area (TPSA) is 109 Å². The van der Waals surface area contributed by atoms with E-state index >= 15 is 0 Å². The SMILES string of the molecule is CCOc1ccc2[nH]c3c(c2c1)C[C@@]1(C)C(=O)N(CCCN2CCN(C(C)=O)CC2)C(=O)N1[C@@H]3c1cccc(O)c1. The summed E-state index contributed by atoms with van der Waals surface area (Å²) < 4.78 is 5.77. The number of nitrogens with one attached hydrogen (secondary N) is 1. The van der Waals surface area contributed by atoms with E-state index in [9.17, 15) is 19.5 Å². The molecular weight excluding hydrogens is 522 g/mol. The van der Waals surface area contributed by atoms with Crippen molar-refractivity contribution < 1.29 is 24.2 Å². The molecule has 0 bridgehead atoms. The Morgan fingerprint density at radius 3 is 2.59 bits per heavy atom. The molecule has 10 nitrogen and oxygen atoms in total. The Morgan fingerprint density at radius 1 is 1.10 bits per heavy atom.